The average molecular weight is 409 g/mol. The molecule has 7 heteroatoms. The number of aryl methyl sites for hydroxylation is 1. The van der Waals surface area contributed by atoms with Gasteiger partial charge in [-0.1, -0.05) is 29.8 Å². The van der Waals surface area contributed by atoms with Crippen molar-refractivity contribution < 1.29 is 9.53 Å². The van der Waals surface area contributed by atoms with Gasteiger partial charge in [0.1, 0.15) is 5.75 Å². The summed E-state index contributed by atoms with van der Waals surface area (Å²) in [6.45, 7) is 2.30. The molecule has 3 aromatic rings. The third kappa shape index (κ3) is 5.80. The van der Waals surface area contributed by atoms with E-state index in [-0.39, 0.29) is 5.91 Å². The average Bonchev–Trinajstić information content (AvgIpc) is 2.75. The van der Waals surface area contributed by atoms with Crippen molar-refractivity contribution in [1.29, 1.82) is 0 Å². The summed E-state index contributed by atoms with van der Waals surface area (Å²) in [4.78, 5) is 21.4. The zero-order valence-corrected chi connectivity index (χ0v) is 16.9. The summed E-state index contributed by atoms with van der Waals surface area (Å²) in [6.07, 6.45) is 3.43. The number of carbonyl (C=O) groups excluding carboxylic acids is 1. The van der Waals surface area contributed by atoms with Crippen molar-refractivity contribution in [3.05, 3.63) is 88.7 Å². The van der Waals surface area contributed by atoms with Crippen molar-refractivity contribution in [2.75, 3.05) is 12.4 Å². The van der Waals surface area contributed by atoms with Gasteiger partial charge in [-0.15, -0.1) is 0 Å². The maximum absolute atomic E-state index is 12.8. The lowest BCUT2D eigenvalue weighted by atomic mass is 10.2. The van der Waals surface area contributed by atoms with Crippen molar-refractivity contribution in [2.24, 2.45) is 4.99 Å². The highest BCUT2D eigenvalue weighted by Crippen LogP contribution is 2.20. The fourth-order valence-electron chi connectivity index (χ4n) is 2.57. The lowest BCUT2D eigenvalue weighted by Crippen LogP contribution is -2.36. The van der Waals surface area contributed by atoms with Crippen LogP contribution in [0.1, 0.15) is 21.5 Å². The van der Waals surface area contributed by atoms with Gasteiger partial charge in [0.15, 0.2) is 0 Å². The molecule has 29 heavy (non-hydrogen) atoms. The molecule has 0 saturated heterocycles. The Morgan fingerprint density at radius 1 is 1.17 bits per heavy atom. The number of pyridine rings is 1. The number of aliphatic imine (C=N–C) groups is 1. The molecule has 0 fully saturated rings. The molecule has 1 aromatic heterocycles. The predicted octanol–water partition coefficient (Wildman–Crippen LogP) is 4.45. The lowest BCUT2D eigenvalue weighted by molar-refractivity contribution is 0.0976. The van der Waals surface area contributed by atoms with Gasteiger partial charge >= 0.3 is 0 Å². The Morgan fingerprint density at radius 2 is 2.03 bits per heavy atom. The summed E-state index contributed by atoms with van der Waals surface area (Å²) in [7, 11) is 1.56. The number of methoxy groups -OCH3 is 1. The number of aromatic nitrogens is 1. The Labute approximate surface area is 174 Å². The number of nitrogens with zero attached hydrogens (tertiary/aromatic N) is 2. The molecule has 0 unspecified atom stereocenters. The Kier molecular flexibility index (Phi) is 6.81. The molecule has 0 radical (unpaired) electrons. The molecule has 6 nitrogen and oxygen atoms in total. The highest BCUT2D eigenvalue weighted by Gasteiger charge is 2.11. The van der Waals surface area contributed by atoms with Crippen molar-refractivity contribution >= 4 is 29.2 Å². The van der Waals surface area contributed by atoms with E-state index in [0.29, 0.717) is 28.8 Å². The highest BCUT2D eigenvalue weighted by atomic mass is 35.5. The van der Waals surface area contributed by atoms with Crippen LogP contribution in [0.4, 0.5) is 5.69 Å². The van der Waals surface area contributed by atoms with E-state index in [1.165, 1.54) is 0 Å². The molecule has 0 aliphatic carbocycles. The summed E-state index contributed by atoms with van der Waals surface area (Å²) in [5.41, 5.74) is 3.11. The summed E-state index contributed by atoms with van der Waals surface area (Å²) >= 11 is 6.12. The van der Waals surface area contributed by atoms with Gasteiger partial charge in [0.2, 0.25) is 5.96 Å². The smallest absolute Gasteiger partial charge is 0.258 e. The van der Waals surface area contributed by atoms with E-state index in [9.17, 15) is 4.79 Å². The van der Waals surface area contributed by atoms with Gasteiger partial charge in [0.05, 0.1) is 13.7 Å². The number of ether oxygens (including phenoxy) is 1. The maximum Gasteiger partial charge on any atom is 0.258 e. The quantitative estimate of drug-likeness (QED) is 0.483. The van der Waals surface area contributed by atoms with Crippen LogP contribution in [-0.4, -0.2) is 24.0 Å². The zero-order chi connectivity index (χ0) is 20.6. The summed E-state index contributed by atoms with van der Waals surface area (Å²) in [5.74, 6) is 0.609. The minimum Gasteiger partial charge on any atom is -0.497 e. The van der Waals surface area contributed by atoms with Crippen LogP contribution in [0.25, 0.3) is 0 Å². The minimum absolute atomic E-state index is 0.305. The van der Waals surface area contributed by atoms with Crippen molar-refractivity contribution in [3.63, 3.8) is 0 Å². The number of carbonyl (C=O) groups is 1. The number of hydrogen-bond acceptors (Lipinski definition) is 4. The number of benzene rings is 2. The van der Waals surface area contributed by atoms with E-state index in [1.807, 2.05) is 31.2 Å². The first-order chi connectivity index (χ1) is 14.0. The third-order valence-corrected chi connectivity index (χ3v) is 4.39. The van der Waals surface area contributed by atoms with Crippen LogP contribution in [0.15, 0.2) is 72.0 Å². The SMILES string of the molecule is COc1cccc(C(=O)NC(=NCc2cccnc2)Nc2cc(Cl)ccc2C)c1. The van der Waals surface area contributed by atoms with Gasteiger partial charge < -0.3 is 10.1 Å². The molecule has 3 rings (SSSR count). The predicted molar refractivity (Wildman–Crippen MR) is 116 cm³/mol. The highest BCUT2D eigenvalue weighted by molar-refractivity contribution is 6.31. The van der Waals surface area contributed by atoms with Crippen molar-refractivity contribution in [3.8, 4) is 5.75 Å². The van der Waals surface area contributed by atoms with Gasteiger partial charge in [-0.3, -0.25) is 15.1 Å². The minimum atomic E-state index is -0.305. The largest absolute Gasteiger partial charge is 0.497 e. The Hall–Kier alpha value is -3.38. The summed E-state index contributed by atoms with van der Waals surface area (Å²) in [5, 5.41) is 6.59. The van der Waals surface area contributed by atoms with Crippen LogP contribution in [0.3, 0.4) is 0 Å². The fourth-order valence-corrected chi connectivity index (χ4v) is 2.74. The topological polar surface area (TPSA) is 75.6 Å². The third-order valence-electron chi connectivity index (χ3n) is 4.16. The first-order valence-corrected chi connectivity index (χ1v) is 9.35. The molecule has 0 spiro atoms. The number of anilines is 1. The molecule has 148 valence electrons. The molecule has 2 aromatic carbocycles. The number of hydrogen-bond donors (Lipinski definition) is 2. The standard InChI is InChI=1S/C22H21ClN4O2/c1-15-8-9-18(23)12-20(15)26-22(25-14-16-5-4-10-24-13-16)27-21(28)17-6-3-7-19(11-17)29-2/h3-13H,14H2,1-2H3,(H2,25,26,27,28). The monoisotopic (exact) mass is 408 g/mol. The van der Waals surface area contributed by atoms with Gasteiger partial charge in [-0.05, 0) is 54.4 Å². The lowest BCUT2D eigenvalue weighted by Gasteiger charge is -2.14. The number of guanidine groups is 1. The van der Waals surface area contributed by atoms with E-state index in [4.69, 9.17) is 16.3 Å². The molecule has 1 heterocycles. The van der Waals surface area contributed by atoms with Crippen molar-refractivity contribution in [1.82, 2.24) is 10.3 Å². The summed E-state index contributed by atoms with van der Waals surface area (Å²) in [6, 6.07) is 16.2. The molecule has 0 aliphatic heterocycles. The number of rotatable bonds is 5. The van der Waals surface area contributed by atoms with Gasteiger partial charge in [0, 0.05) is 28.7 Å². The molecular weight excluding hydrogens is 388 g/mol. The van der Waals surface area contributed by atoms with E-state index in [0.717, 1.165) is 16.8 Å². The van der Waals surface area contributed by atoms with Crippen LogP contribution in [0, 0.1) is 6.92 Å². The van der Waals surface area contributed by atoms with Crippen LogP contribution < -0.4 is 15.4 Å². The zero-order valence-electron chi connectivity index (χ0n) is 16.1. The van der Waals surface area contributed by atoms with E-state index < -0.39 is 0 Å². The second-order valence-corrected chi connectivity index (χ2v) is 6.73. The van der Waals surface area contributed by atoms with E-state index in [1.54, 1.807) is 49.8 Å². The molecule has 0 atom stereocenters. The van der Waals surface area contributed by atoms with Gasteiger partial charge in [0.25, 0.3) is 5.91 Å². The molecule has 1 amide bonds. The van der Waals surface area contributed by atoms with Gasteiger partial charge in [-0.25, -0.2) is 4.99 Å². The molecule has 0 bridgehead atoms. The van der Waals surface area contributed by atoms with Gasteiger partial charge in [-0.2, -0.15) is 0 Å². The number of amides is 1. The van der Waals surface area contributed by atoms with Crippen LogP contribution in [0.2, 0.25) is 5.02 Å². The second kappa shape index (κ2) is 9.71. The first-order valence-electron chi connectivity index (χ1n) is 8.97. The van der Waals surface area contributed by atoms with Crippen LogP contribution in [-0.2, 0) is 6.54 Å². The second-order valence-electron chi connectivity index (χ2n) is 6.30. The summed E-state index contributed by atoms with van der Waals surface area (Å²) < 4.78 is 5.19. The Balaban J connectivity index is 1.85. The number of halogens is 1. The maximum atomic E-state index is 12.8. The van der Waals surface area contributed by atoms with E-state index >= 15 is 0 Å². The Bertz CT molecular complexity index is 1020. The molecular formula is C22H21ClN4O2. The van der Waals surface area contributed by atoms with E-state index in [2.05, 4.69) is 20.6 Å². The Morgan fingerprint density at radius 3 is 2.79 bits per heavy atom. The van der Waals surface area contributed by atoms with Crippen molar-refractivity contribution in [2.45, 2.75) is 13.5 Å². The molecule has 2 N–H and O–H groups in total. The molecule has 0 saturated carbocycles. The normalized spacial score (nSPS) is 11.1. The van der Waals surface area contributed by atoms with Crippen LogP contribution in [0.5, 0.6) is 5.75 Å². The first kappa shape index (κ1) is 20.4. The molecule has 0 aliphatic rings. The van der Waals surface area contributed by atoms with Crippen LogP contribution >= 0.6 is 11.6 Å². The fraction of sp³-hybridized carbons (Fsp3) is 0.136. The number of nitrogens with one attached hydrogen (secondary N) is 2.